The summed E-state index contributed by atoms with van der Waals surface area (Å²) in [4.78, 5) is 0. The van der Waals surface area contributed by atoms with Crippen molar-refractivity contribution in [3.8, 4) is 0 Å². The van der Waals surface area contributed by atoms with E-state index in [2.05, 4.69) is 36.5 Å². The molecule has 1 aliphatic heterocycles. The Hall–Kier alpha value is -0.900. The fraction of sp³-hybridized carbons (Fsp3) is 0.647. The average molecular weight is 277 g/mol. The van der Waals surface area contributed by atoms with Gasteiger partial charge < -0.3 is 14.8 Å². The molecule has 0 aliphatic carbocycles. The third kappa shape index (κ3) is 4.05. The lowest BCUT2D eigenvalue weighted by molar-refractivity contribution is 0.0113. The largest absolute Gasteiger partial charge is 0.385 e. The van der Waals surface area contributed by atoms with Crippen LogP contribution in [0.4, 0.5) is 0 Å². The smallest absolute Gasteiger partial charge is 0.0980 e. The first kappa shape index (κ1) is 15.5. The summed E-state index contributed by atoms with van der Waals surface area (Å²) in [5.41, 5.74) is 2.81. The van der Waals surface area contributed by atoms with E-state index in [1.807, 2.05) is 0 Å². The van der Waals surface area contributed by atoms with Crippen molar-refractivity contribution in [1.29, 1.82) is 0 Å². The van der Waals surface area contributed by atoms with Crippen molar-refractivity contribution < 1.29 is 9.47 Å². The Morgan fingerprint density at radius 2 is 2.25 bits per heavy atom. The number of hydrogen-bond donors (Lipinski definition) is 1. The minimum absolute atomic E-state index is 0.184. The van der Waals surface area contributed by atoms with Gasteiger partial charge in [0.05, 0.1) is 12.7 Å². The third-order valence-electron chi connectivity index (χ3n) is 3.92. The lowest BCUT2D eigenvalue weighted by Crippen LogP contribution is -2.39. The standard InChI is InChI=1S/C17H27NO2/c1-3-11-18-16(9-6-12-19-2)17-15-8-5-4-7-14(15)10-13-20-17/h4-5,7-8,16-18H,3,6,9-13H2,1-2H3. The van der Waals surface area contributed by atoms with Gasteiger partial charge in [-0.05, 0) is 43.4 Å². The van der Waals surface area contributed by atoms with Crippen molar-refractivity contribution in [3.63, 3.8) is 0 Å². The van der Waals surface area contributed by atoms with Crippen molar-refractivity contribution in [3.05, 3.63) is 35.4 Å². The van der Waals surface area contributed by atoms with Crippen LogP contribution in [-0.2, 0) is 15.9 Å². The van der Waals surface area contributed by atoms with Gasteiger partial charge in [-0.15, -0.1) is 0 Å². The maximum atomic E-state index is 6.09. The van der Waals surface area contributed by atoms with Gasteiger partial charge in [0.1, 0.15) is 0 Å². The van der Waals surface area contributed by atoms with E-state index in [1.165, 1.54) is 11.1 Å². The molecule has 1 aromatic rings. The molecular weight excluding hydrogens is 250 g/mol. The second-order valence-corrected chi connectivity index (χ2v) is 5.44. The van der Waals surface area contributed by atoms with Crippen molar-refractivity contribution >= 4 is 0 Å². The van der Waals surface area contributed by atoms with Crippen molar-refractivity contribution in [2.75, 3.05) is 26.9 Å². The molecule has 2 atom stereocenters. The monoisotopic (exact) mass is 277 g/mol. The summed E-state index contributed by atoms with van der Waals surface area (Å²) >= 11 is 0. The second kappa shape index (κ2) is 8.40. The van der Waals surface area contributed by atoms with Crippen LogP contribution in [0.15, 0.2) is 24.3 Å². The maximum Gasteiger partial charge on any atom is 0.0980 e. The number of nitrogens with one attached hydrogen (secondary N) is 1. The number of fused-ring (bicyclic) bond motifs is 1. The number of hydrogen-bond acceptors (Lipinski definition) is 3. The van der Waals surface area contributed by atoms with Gasteiger partial charge in [0.2, 0.25) is 0 Å². The van der Waals surface area contributed by atoms with Crippen LogP contribution in [0.2, 0.25) is 0 Å². The summed E-state index contributed by atoms with van der Waals surface area (Å²) in [6.07, 6.45) is 4.52. The molecule has 0 aromatic heterocycles. The van der Waals surface area contributed by atoms with Crippen LogP contribution in [0.5, 0.6) is 0 Å². The Kier molecular flexibility index (Phi) is 6.51. The van der Waals surface area contributed by atoms with Gasteiger partial charge in [-0.2, -0.15) is 0 Å². The predicted octanol–water partition coefficient (Wildman–Crippen LogP) is 3.10. The Labute approximate surface area is 122 Å². The quantitative estimate of drug-likeness (QED) is 0.741. The third-order valence-corrected chi connectivity index (χ3v) is 3.92. The van der Waals surface area contributed by atoms with E-state index in [4.69, 9.17) is 9.47 Å². The van der Waals surface area contributed by atoms with Gasteiger partial charge in [-0.1, -0.05) is 31.2 Å². The lowest BCUT2D eigenvalue weighted by Gasteiger charge is -2.33. The second-order valence-electron chi connectivity index (χ2n) is 5.44. The topological polar surface area (TPSA) is 30.5 Å². The highest BCUT2D eigenvalue weighted by atomic mass is 16.5. The lowest BCUT2D eigenvalue weighted by atomic mass is 9.91. The van der Waals surface area contributed by atoms with E-state index in [1.54, 1.807) is 7.11 Å². The van der Waals surface area contributed by atoms with E-state index in [-0.39, 0.29) is 6.10 Å². The number of rotatable bonds is 8. The first-order valence-corrected chi connectivity index (χ1v) is 7.78. The molecule has 1 heterocycles. The summed E-state index contributed by atoms with van der Waals surface area (Å²) < 4.78 is 11.3. The van der Waals surface area contributed by atoms with Crippen LogP contribution in [0.25, 0.3) is 0 Å². The molecule has 2 rings (SSSR count). The minimum Gasteiger partial charge on any atom is -0.385 e. The molecule has 20 heavy (non-hydrogen) atoms. The summed E-state index contributed by atoms with van der Waals surface area (Å²) in [5.74, 6) is 0. The molecule has 0 radical (unpaired) electrons. The summed E-state index contributed by atoms with van der Waals surface area (Å²) in [7, 11) is 1.76. The summed E-state index contributed by atoms with van der Waals surface area (Å²) in [6, 6.07) is 9.08. The first-order chi connectivity index (χ1) is 9.86. The SMILES string of the molecule is CCCNC(CCCOC)C1OCCc2ccccc21. The van der Waals surface area contributed by atoms with Crippen LogP contribution in [-0.4, -0.2) is 32.9 Å². The number of benzene rings is 1. The normalized spacial score (nSPS) is 19.6. The van der Waals surface area contributed by atoms with Crippen LogP contribution in [0, 0.1) is 0 Å². The van der Waals surface area contributed by atoms with Crippen LogP contribution >= 0.6 is 0 Å². The Balaban J connectivity index is 2.07. The van der Waals surface area contributed by atoms with Crippen molar-refractivity contribution in [2.45, 2.75) is 44.8 Å². The molecule has 0 amide bonds. The van der Waals surface area contributed by atoms with E-state index < -0.39 is 0 Å². The minimum atomic E-state index is 0.184. The fourth-order valence-corrected chi connectivity index (χ4v) is 2.90. The van der Waals surface area contributed by atoms with Crippen molar-refractivity contribution in [2.24, 2.45) is 0 Å². The predicted molar refractivity (Wildman–Crippen MR) is 82.0 cm³/mol. The van der Waals surface area contributed by atoms with E-state index in [0.717, 1.165) is 45.4 Å². The molecule has 0 bridgehead atoms. The molecule has 3 heteroatoms. The van der Waals surface area contributed by atoms with Gasteiger partial charge in [-0.3, -0.25) is 0 Å². The highest BCUT2D eigenvalue weighted by molar-refractivity contribution is 5.31. The van der Waals surface area contributed by atoms with Gasteiger partial charge in [0.25, 0.3) is 0 Å². The van der Waals surface area contributed by atoms with Gasteiger partial charge >= 0.3 is 0 Å². The zero-order chi connectivity index (χ0) is 14.2. The molecule has 0 fully saturated rings. The molecule has 0 spiro atoms. The number of methoxy groups -OCH3 is 1. The molecule has 1 aromatic carbocycles. The molecule has 112 valence electrons. The van der Waals surface area contributed by atoms with Crippen LogP contribution in [0.3, 0.4) is 0 Å². The molecule has 0 saturated heterocycles. The molecule has 2 unspecified atom stereocenters. The number of ether oxygens (including phenoxy) is 2. The highest BCUT2D eigenvalue weighted by Gasteiger charge is 2.27. The first-order valence-electron chi connectivity index (χ1n) is 7.78. The average Bonchev–Trinajstić information content (AvgIpc) is 2.50. The summed E-state index contributed by atoms with van der Waals surface area (Å²) in [6.45, 7) is 4.89. The summed E-state index contributed by atoms with van der Waals surface area (Å²) in [5, 5.41) is 3.66. The Morgan fingerprint density at radius 1 is 1.40 bits per heavy atom. The van der Waals surface area contributed by atoms with Crippen LogP contribution < -0.4 is 5.32 Å². The Bertz CT molecular complexity index is 394. The van der Waals surface area contributed by atoms with Gasteiger partial charge in [-0.25, -0.2) is 0 Å². The molecule has 3 nitrogen and oxygen atoms in total. The van der Waals surface area contributed by atoms with Gasteiger partial charge in [0, 0.05) is 19.8 Å². The maximum absolute atomic E-state index is 6.09. The van der Waals surface area contributed by atoms with E-state index in [9.17, 15) is 0 Å². The van der Waals surface area contributed by atoms with Crippen molar-refractivity contribution in [1.82, 2.24) is 5.32 Å². The van der Waals surface area contributed by atoms with Gasteiger partial charge in [0.15, 0.2) is 0 Å². The highest BCUT2D eigenvalue weighted by Crippen LogP contribution is 2.31. The molecule has 1 aliphatic rings. The fourth-order valence-electron chi connectivity index (χ4n) is 2.90. The zero-order valence-corrected chi connectivity index (χ0v) is 12.7. The molecular formula is C17H27NO2. The molecule has 0 saturated carbocycles. The molecule has 1 N–H and O–H groups in total. The van der Waals surface area contributed by atoms with E-state index >= 15 is 0 Å². The zero-order valence-electron chi connectivity index (χ0n) is 12.7. The van der Waals surface area contributed by atoms with Crippen LogP contribution in [0.1, 0.15) is 43.4 Å². The Morgan fingerprint density at radius 3 is 3.05 bits per heavy atom. The van der Waals surface area contributed by atoms with E-state index in [0.29, 0.717) is 6.04 Å².